The molecule has 0 heterocycles. The third kappa shape index (κ3) is 7.36. The molecule has 0 aromatic heterocycles. The maximum atomic E-state index is 12.6. The highest BCUT2D eigenvalue weighted by Gasteiger charge is 2.21. The maximum absolute atomic E-state index is 12.6. The van der Waals surface area contributed by atoms with Gasteiger partial charge in [-0.15, -0.1) is 0 Å². The Balaban J connectivity index is 1.89. The van der Waals surface area contributed by atoms with Gasteiger partial charge in [0.1, 0.15) is 23.9 Å². The van der Waals surface area contributed by atoms with Crippen molar-refractivity contribution in [3.05, 3.63) is 48.5 Å². The number of sulfonamides is 1. The summed E-state index contributed by atoms with van der Waals surface area (Å²) in [5, 5.41) is 2.89. The fourth-order valence-corrected chi connectivity index (χ4v) is 3.19. The van der Waals surface area contributed by atoms with Crippen molar-refractivity contribution in [1.82, 2.24) is 5.32 Å². The highest BCUT2D eigenvalue weighted by molar-refractivity contribution is 7.92. The summed E-state index contributed by atoms with van der Waals surface area (Å²) < 4.78 is 41.0. The van der Waals surface area contributed by atoms with E-state index in [4.69, 9.17) is 14.2 Å². The Kier molecular flexibility index (Phi) is 8.56. The summed E-state index contributed by atoms with van der Waals surface area (Å²) in [6.07, 6.45) is 0.930. The number of nitrogens with one attached hydrogen (secondary N) is 1. The molecule has 0 radical (unpaired) electrons. The molecule has 2 atom stereocenters. The van der Waals surface area contributed by atoms with Gasteiger partial charge >= 0.3 is 0 Å². The molecule has 31 heavy (non-hydrogen) atoms. The van der Waals surface area contributed by atoms with Crippen LogP contribution >= 0.6 is 0 Å². The Morgan fingerprint density at radius 2 is 1.58 bits per heavy atom. The molecule has 2 aromatic carbocycles. The average Bonchev–Trinajstić information content (AvgIpc) is 2.75. The van der Waals surface area contributed by atoms with Gasteiger partial charge < -0.3 is 19.5 Å². The molecule has 9 heteroatoms. The zero-order valence-electron chi connectivity index (χ0n) is 18.5. The smallest absolute Gasteiger partial charge is 0.261 e. The lowest BCUT2D eigenvalue weighted by Gasteiger charge is -2.21. The molecule has 0 aliphatic rings. The minimum absolute atomic E-state index is 0.224. The first kappa shape index (κ1) is 24.3. The molecule has 2 aromatic rings. The molecule has 0 saturated carbocycles. The minimum atomic E-state index is -3.34. The minimum Gasteiger partial charge on any atom is -0.497 e. The average molecular weight is 451 g/mol. The van der Waals surface area contributed by atoms with Crippen molar-refractivity contribution in [1.29, 1.82) is 0 Å². The first-order valence-electron chi connectivity index (χ1n) is 9.92. The van der Waals surface area contributed by atoms with Gasteiger partial charge in [0.2, 0.25) is 10.0 Å². The standard InChI is InChI=1S/C22H30N2O6S/c1-6-21(30-20-9-7-17(8-10-20)24(3)31(5,26)27)22(25)23-16(2)15-29-19-13-11-18(28-4)12-14-19/h7-14,16,21H,6,15H2,1-5H3,(H,23,25)/t16-,21+/m0/s1. The zero-order valence-corrected chi connectivity index (χ0v) is 19.3. The van der Waals surface area contributed by atoms with Crippen molar-refractivity contribution in [2.75, 3.05) is 31.3 Å². The van der Waals surface area contributed by atoms with Gasteiger partial charge in [-0.1, -0.05) is 6.92 Å². The first-order chi connectivity index (χ1) is 14.6. The van der Waals surface area contributed by atoms with E-state index < -0.39 is 16.1 Å². The Morgan fingerprint density at radius 1 is 1.03 bits per heavy atom. The second-order valence-electron chi connectivity index (χ2n) is 7.14. The monoisotopic (exact) mass is 450 g/mol. The molecule has 0 aliphatic heterocycles. The van der Waals surface area contributed by atoms with E-state index in [2.05, 4.69) is 5.32 Å². The van der Waals surface area contributed by atoms with Crippen LogP contribution in [0.25, 0.3) is 0 Å². The summed E-state index contributed by atoms with van der Waals surface area (Å²) in [7, 11) is -0.268. The van der Waals surface area contributed by atoms with Gasteiger partial charge in [-0.2, -0.15) is 0 Å². The highest BCUT2D eigenvalue weighted by atomic mass is 32.2. The number of nitrogens with zero attached hydrogens (tertiary/aromatic N) is 1. The van der Waals surface area contributed by atoms with E-state index >= 15 is 0 Å². The van der Waals surface area contributed by atoms with Crippen molar-refractivity contribution in [2.24, 2.45) is 0 Å². The third-order valence-electron chi connectivity index (χ3n) is 4.59. The normalized spacial score (nSPS) is 13.1. The van der Waals surface area contributed by atoms with E-state index in [1.165, 1.54) is 11.4 Å². The van der Waals surface area contributed by atoms with E-state index in [0.29, 0.717) is 30.2 Å². The topological polar surface area (TPSA) is 94.2 Å². The van der Waals surface area contributed by atoms with Crippen LogP contribution in [0.5, 0.6) is 17.2 Å². The van der Waals surface area contributed by atoms with Gasteiger partial charge in [-0.3, -0.25) is 9.10 Å². The molecule has 0 bridgehead atoms. The second kappa shape index (κ2) is 10.9. The molecular formula is C22H30N2O6S. The molecule has 0 unspecified atom stereocenters. The number of anilines is 1. The predicted octanol–water partition coefficient (Wildman–Crippen LogP) is 2.83. The summed E-state index contributed by atoms with van der Waals surface area (Å²) in [4.78, 5) is 12.6. The highest BCUT2D eigenvalue weighted by Crippen LogP contribution is 2.22. The van der Waals surface area contributed by atoms with Crippen molar-refractivity contribution >= 4 is 21.6 Å². The molecule has 0 saturated heterocycles. The van der Waals surface area contributed by atoms with Gasteiger partial charge in [-0.05, 0) is 61.9 Å². The van der Waals surface area contributed by atoms with E-state index in [1.807, 2.05) is 13.8 Å². The van der Waals surface area contributed by atoms with Crippen molar-refractivity contribution in [3.63, 3.8) is 0 Å². The number of benzene rings is 2. The van der Waals surface area contributed by atoms with E-state index in [0.717, 1.165) is 12.0 Å². The molecule has 170 valence electrons. The molecular weight excluding hydrogens is 420 g/mol. The Morgan fingerprint density at radius 3 is 2.10 bits per heavy atom. The number of methoxy groups -OCH3 is 1. The summed E-state index contributed by atoms with van der Waals surface area (Å²) in [5.41, 5.74) is 0.511. The molecule has 0 spiro atoms. The van der Waals surface area contributed by atoms with Gasteiger partial charge in [0.05, 0.1) is 25.1 Å². The van der Waals surface area contributed by atoms with E-state index in [-0.39, 0.29) is 11.9 Å². The molecule has 1 amide bonds. The van der Waals surface area contributed by atoms with Gasteiger partial charge in [-0.25, -0.2) is 8.42 Å². The predicted molar refractivity (Wildman–Crippen MR) is 120 cm³/mol. The third-order valence-corrected chi connectivity index (χ3v) is 5.79. The lowest BCUT2D eigenvalue weighted by molar-refractivity contribution is -0.128. The fourth-order valence-electron chi connectivity index (χ4n) is 2.68. The molecule has 8 nitrogen and oxygen atoms in total. The molecule has 2 rings (SSSR count). The van der Waals surface area contributed by atoms with E-state index in [1.54, 1.807) is 55.6 Å². The summed E-state index contributed by atoms with van der Waals surface area (Å²) in [6, 6.07) is 13.5. The fraction of sp³-hybridized carbons (Fsp3) is 0.409. The van der Waals surface area contributed by atoms with Crippen LogP contribution in [0.4, 0.5) is 5.69 Å². The van der Waals surface area contributed by atoms with Crippen molar-refractivity contribution < 1.29 is 27.4 Å². The number of carbonyl (C=O) groups is 1. The van der Waals surface area contributed by atoms with Crippen LogP contribution in [0.2, 0.25) is 0 Å². The number of ether oxygens (including phenoxy) is 3. The largest absolute Gasteiger partial charge is 0.497 e. The van der Waals surface area contributed by atoms with Crippen LogP contribution in [0.1, 0.15) is 20.3 Å². The van der Waals surface area contributed by atoms with Crippen LogP contribution in [-0.4, -0.2) is 53.5 Å². The molecule has 0 aliphatic carbocycles. The number of rotatable bonds is 11. The van der Waals surface area contributed by atoms with E-state index in [9.17, 15) is 13.2 Å². The quantitative estimate of drug-likeness (QED) is 0.566. The number of amides is 1. The summed E-state index contributed by atoms with van der Waals surface area (Å²) in [6.45, 7) is 4.01. The number of hydrogen-bond donors (Lipinski definition) is 1. The van der Waals surface area contributed by atoms with Gasteiger partial charge in [0, 0.05) is 7.05 Å². The summed E-state index contributed by atoms with van der Waals surface area (Å²) in [5.74, 6) is 1.66. The van der Waals surface area contributed by atoms with Crippen LogP contribution in [-0.2, 0) is 14.8 Å². The Bertz CT molecular complexity index is 945. The zero-order chi connectivity index (χ0) is 23.0. The SMILES string of the molecule is CC[C@@H](Oc1ccc(N(C)S(C)(=O)=O)cc1)C(=O)N[C@@H](C)COc1ccc(OC)cc1. The molecule has 0 fully saturated rings. The lowest BCUT2D eigenvalue weighted by Crippen LogP contribution is -2.44. The van der Waals surface area contributed by atoms with Gasteiger partial charge in [0.15, 0.2) is 6.10 Å². The van der Waals surface area contributed by atoms with Crippen LogP contribution in [0, 0.1) is 0 Å². The lowest BCUT2D eigenvalue weighted by atomic mass is 10.2. The van der Waals surface area contributed by atoms with Crippen molar-refractivity contribution in [3.8, 4) is 17.2 Å². The Labute approximate surface area is 184 Å². The summed E-state index contributed by atoms with van der Waals surface area (Å²) >= 11 is 0. The molecule has 1 N–H and O–H groups in total. The van der Waals surface area contributed by atoms with Gasteiger partial charge in [0.25, 0.3) is 5.91 Å². The first-order valence-corrected chi connectivity index (χ1v) is 11.8. The maximum Gasteiger partial charge on any atom is 0.261 e. The van der Waals surface area contributed by atoms with Crippen LogP contribution in [0.3, 0.4) is 0 Å². The van der Waals surface area contributed by atoms with Crippen LogP contribution in [0.15, 0.2) is 48.5 Å². The second-order valence-corrected chi connectivity index (χ2v) is 9.15. The van der Waals surface area contributed by atoms with Crippen LogP contribution < -0.4 is 23.8 Å². The van der Waals surface area contributed by atoms with Crippen molar-refractivity contribution in [2.45, 2.75) is 32.4 Å². The number of carbonyl (C=O) groups excluding carboxylic acids is 1. The number of hydrogen-bond acceptors (Lipinski definition) is 6. The Hall–Kier alpha value is -2.94.